The van der Waals surface area contributed by atoms with E-state index in [1.54, 1.807) is 0 Å². The molecule has 0 bridgehead atoms. The molecule has 0 spiro atoms. The summed E-state index contributed by atoms with van der Waals surface area (Å²) in [7, 11) is 0. The highest BCUT2D eigenvalue weighted by Gasteiger charge is 2.27. The molecule has 1 fully saturated rings. The first kappa shape index (κ1) is 22.0. The number of benzene rings is 2. The number of aromatic amines is 1. The number of aryl methyl sites for hydroxylation is 1. The molecular formula is C29H29N3O2. The average Bonchev–Trinajstić information content (AvgIpc) is 3.34. The maximum absolute atomic E-state index is 12.6. The molecule has 5 rings (SSSR count). The summed E-state index contributed by atoms with van der Waals surface area (Å²) in [6, 6.07) is 24.8. The monoisotopic (exact) mass is 451 g/mol. The van der Waals surface area contributed by atoms with E-state index in [0.29, 0.717) is 25.6 Å². The van der Waals surface area contributed by atoms with Crippen molar-refractivity contribution in [1.82, 2.24) is 14.9 Å². The summed E-state index contributed by atoms with van der Waals surface area (Å²) in [6.45, 7) is 3.81. The first-order valence-corrected chi connectivity index (χ1v) is 11.8. The average molecular weight is 452 g/mol. The fourth-order valence-electron chi connectivity index (χ4n) is 4.59. The van der Waals surface area contributed by atoms with Crippen molar-refractivity contribution >= 4 is 6.09 Å². The minimum atomic E-state index is -0.230. The van der Waals surface area contributed by atoms with Gasteiger partial charge in [-0.05, 0) is 54.7 Å². The van der Waals surface area contributed by atoms with Crippen LogP contribution in [0.4, 0.5) is 4.79 Å². The van der Waals surface area contributed by atoms with E-state index in [4.69, 9.17) is 4.74 Å². The predicted octanol–water partition coefficient (Wildman–Crippen LogP) is 6.57. The third kappa shape index (κ3) is 4.88. The summed E-state index contributed by atoms with van der Waals surface area (Å²) in [6.07, 6.45) is 5.25. The van der Waals surface area contributed by atoms with E-state index in [2.05, 4.69) is 59.4 Å². The number of piperidine rings is 1. The van der Waals surface area contributed by atoms with E-state index in [1.165, 1.54) is 22.4 Å². The molecule has 0 aliphatic carbocycles. The van der Waals surface area contributed by atoms with Crippen LogP contribution < -0.4 is 0 Å². The summed E-state index contributed by atoms with van der Waals surface area (Å²) < 4.78 is 5.53. The van der Waals surface area contributed by atoms with Crippen molar-refractivity contribution in [2.45, 2.75) is 32.3 Å². The Kier molecular flexibility index (Phi) is 6.43. The topological polar surface area (TPSA) is 58.2 Å². The molecule has 0 atom stereocenters. The molecule has 34 heavy (non-hydrogen) atoms. The van der Waals surface area contributed by atoms with Crippen LogP contribution in [0.2, 0.25) is 0 Å². The first-order chi connectivity index (χ1) is 16.7. The fraction of sp³-hybridized carbons (Fsp3) is 0.241. The zero-order valence-corrected chi connectivity index (χ0v) is 19.4. The number of pyridine rings is 1. The van der Waals surface area contributed by atoms with Crippen LogP contribution in [0.5, 0.6) is 0 Å². The number of carbonyl (C=O) groups excluding carboxylic acids is 1. The lowest BCUT2D eigenvalue weighted by Gasteiger charge is -2.31. The van der Waals surface area contributed by atoms with E-state index < -0.39 is 0 Å². The van der Waals surface area contributed by atoms with Crippen LogP contribution in [0.15, 0.2) is 85.2 Å². The van der Waals surface area contributed by atoms with Gasteiger partial charge in [0.05, 0.1) is 5.69 Å². The Morgan fingerprint density at radius 1 is 0.971 bits per heavy atom. The summed E-state index contributed by atoms with van der Waals surface area (Å²) in [4.78, 5) is 22.3. The van der Waals surface area contributed by atoms with Gasteiger partial charge in [0, 0.05) is 42.7 Å². The number of carbonyl (C=O) groups is 1. The highest BCUT2D eigenvalue weighted by molar-refractivity contribution is 5.82. The molecule has 172 valence electrons. The Balaban J connectivity index is 1.30. The predicted molar refractivity (Wildman–Crippen MR) is 134 cm³/mol. The van der Waals surface area contributed by atoms with Crippen LogP contribution in [0.1, 0.15) is 35.6 Å². The van der Waals surface area contributed by atoms with Gasteiger partial charge in [-0.25, -0.2) is 4.79 Å². The number of rotatable bonds is 5. The molecular weight excluding hydrogens is 422 g/mol. The Morgan fingerprint density at radius 2 is 1.68 bits per heavy atom. The Bertz CT molecular complexity index is 1230. The van der Waals surface area contributed by atoms with Gasteiger partial charge in [0.15, 0.2) is 0 Å². The Hall–Kier alpha value is -3.86. The third-order valence-corrected chi connectivity index (χ3v) is 6.57. The second-order valence-corrected chi connectivity index (χ2v) is 8.92. The van der Waals surface area contributed by atoms with E-state index >= 15 is 0 Å². The second kappa shape index (κ2) is 9.96. The van der Waals surface area contributed by atoms with Crippen LogP contribution in [0.3, 0.4) is 0 Å². The molecule has 0 unspecified atom stereocenters. The highest BCUT2D eigenvalue weighted by Crippen LogP contribution is 2.37. The molecule has 4 aromatic rings. The van der Waals surface area contributed by atoms with Crippen molar-refractivity contribution < 1.29 is 9.53 Å². The molecule has 1 amide bonds. The van der Waals surface area contributed by atoms with E-state index in [1.807, 2.05) is 47.6 Å². The van der Waals surface area contributed by atoms with Crippen LogP contribution in [0.25, 0.3) is 22.4 Å². The second-order valence-electron chi connectivity index (χ2n) is 8.92. The summed E-state index contributed by atoms with van der Waals surface area (Å²) in [5, 5.41) is 0. The summed E-state index contributed by atoms with van der Waals surface area (Å²) >= 11 is 0. The van der Waals surface area contributed by atoms with E-state index in [-0.39, 0.29) is 6.09 Å². The molecule has 2 aromatic carbocycles. The van der Waals surface area contributed by atoms with Crippen LogP contribution in [0, 0.1) is 6.92 Å². The SMILES string of the molecule is Cc1ccc(-c2[nH]c(C3CCN(C(=O)OCc4ccccc4)CC3)cc2-c2ccncc2)cc1. The molecule has 1 saturated heterocycles. The minimum absolute atomic E-state index is 0.230. The van der Waals surface area contributed by atoms with Gasteiger partial charge in [0.2, 0.25) is 0 Å². The number of likely N-dealkylation sites (tertiary alicyclic amines) is 1. The minimum Gasteiger partial charge on any atom is -0.445 e. The fourth-order valence-corrected chi connectivity index (χ4v) is 4.59. The number of hydrogen-bond acceptors (Lipinski definition) is 3. The Labute approximate surface area is 200 Å². The first-order valence-electron chi connectivity index (χ1n) is 11.8. The van der Waals surface area contributed by atoms with Gasteiger partial charge in [-0.3, -0.25) is 4.98 Å². The standard InChI is InChI=1S/C29H29N3O2/c1-21-7-9-25(10-8-21)28-26(23-11-15-30-16-12-23)19-27(31-28)24-13-17-32(18-14-24)29(33)34-20-22-5-3-2-4-6-22/h2-12,15-16,19,24,31H,13-14,17-18,20H2,1H3. The number of ether oxygens (including phenoxy) is 1. The lowest BCUT2D eigenvalue weighted by Crippen LogP contribution is -2.38. The molecule has 1 aliphatic heterocycles. The molecule has 0 radical (unpaired) electrons. The number of H-pyrrole nitrogens is 1. The van der Waals surface area contributed by atoms with Crippen molar-refractivity contribution in [2.24, 2.45) is 0 Å². The van der Waals surface area contributed by atoms with Crippen molar-refractivity contribution in [3.8, 4) is 22.4 Å². The number of hydrogen-bond donors (Lipinski definition) is 1. The molecule has 3 heterocycles. The zero-order valence-electron chi connectivity index (χ0n) is 19.4. The maximum Gasteiger partial charge on any atom is 0.410 e. The van der Waals surface area contributed by atoms with Crippen molar-refractivity contribution in [3.63, 3.8) is 0 Å². The molecule has 5 heteroatoms. The van der Waals surface area contributed by atoms with E-state index in [0.717, 1.165) is 29.7 Å². The number of nitrogens with one attached hydrogen (secondary N) is 1. The van der Waals surface area contributed by atoms with Crippen LogP contribution in [-0.4, -0.2) is 34.1 Å². The molecule has 0 saturated carbocycles. The Morgan fingerprint density at radius 3 is 2.38 bits per heavy atom. The summed E-state index contributed by atoms with van der Waals surface area (Å²) in [5.41, 5.74) is 8.11. The van der Waals surface area contributed by atoms with Gasteiger partial charge in [-0.15, -0.1) is 0 Å². The highest BCUT2D eigenvalue weighted by atomic mass is 16.6. The van der Waals surface area contributed by atoms with Gasteiger partial charge in [-0.1, -0.05) is 60.2 Å². The van der Waals surface area contributed by atoms with Gasteiger partial charge >= 0.3 is 6.09 Å². The summed E-state index contributed by atoms with van der Waals surface area (Å²) in [5.74, 6) is 0.373. The zero-order chi connectivity index (χ0) is 23.3. The van der Waals surface area contributed by atoms with Crippen molar-refractivity contribution in [2.75, 3.05) is 13.1 Å². The van der Waals surface area contributed by atoms with Gasteiger partial charge in [0.1, 0.15) is 6.61 Å². The third-order valence-electron chi connectivity index (χ3n) is 6.57. The maximum atomic E-state index is 12.6. The quantitative estimate of drug-likeness (QED) is 0.373. The van der Waals surface area contributed by atoms with E-state index in [9.17, 15) is 4.79 Å². The smallest absolute Gasteiger partial charge is 0.410 e. The molecule has 1 N–H and O–H groups in total. The van der Waals surface area contributed by atoms with Crippen LogP contribution >= 0.6 is 0 Å². The van der Waals surface area contributed by atoms with Crippen molar-refractivity contribution in [1.29, 1.82) is 0 Å². The van der Waals surface area contributed by atoms with Gasteiger partial charge < -0.3 is 14.6 Å². The number of amides is 1. The van der Waals surface area contributed by atoms with Crippen LogP contribution in [-0.2, 0) is 11.3 Å². The molecule has 1 aliphatic rings. The molecule has 5 nitrogen and oxygen atoms in total. The van der Waals surface area contributed by atoms with Crippen molar-refractivity contribution in [3.05, 3.63) is 102 Å². The van der Waals surface area contributed by atoms with Gasteiger partial charge in [-0.2, -0.15) is 0 Å². The number of nitrogens with zero attached hydrogens (tertiary/aromatic N) is 2. The lowest BCUT2D eigenvalue weighted by molar-refractivity contribution is 0.0868. The molecule has 2 aromatic heterocycles. The normalized spacial score (nSPS) is 14.2. The number of aromatic nitrogens is 2. The largest absolute Gasteiger partial charge is 0.445 e. The lowest BCUT2D eigenvalue weighted by atomic mass is 9.93. The van der Waals surface area contributed by atoms with Gasteiger partial charge in [0.25, 0.3) is 0 Å².